The Balaban J connectivity index is 1.90. The number of imidazole rings is 1. The molecular formula is C11H19N3. The zero-order chi connectivity index (χ0) is 9.97. The van der Waals surface area contributed by atoms with Crippen LogP contribution in [0.5, 0.6) is 0 Å². The molecule has 3 heteroatoms. The molecule has 0 saturated heterocycles. The molecule has 0 unspecified atom stereocenters. The van der Waals surface area contributed by atoms with Crippen LogP contribution in [0.15, 0.2) is 12.4 Å². The van der Waals surface area contributed by atoms with Crippen molar-refractivity contribution in [3.05, 3.63) is 18.2 Å². The van der Waals surface area contributed by atoms with E-state index in [1.807, 2.05) is 6.20 Å². The Kier molecular flexibility index (Phi) is 2.87. The Hall–Kier alpha value is -0.830. The van der Waals surface area contributed by atoms with Gasteiger partial charge in [-0.3, -0.25) is 0 Å². The van der Waals surface area contributed by atoms with Gasteiger partial charge in [0.05, 0.1) is 6.54 Å². The first-order valence-electron chi connectivity index (χ1n) is 5.49. The Labute approximate surface area is 85.5 Å². The monoisotopic (exact) mass is 193 g/mol. The minimum absolute atomic E-state index is 0.684. The summed E-state index contributed by atoms with van der Waals surface area (Å²) in [5.41, 5.74) is 0. The molecule has 0 aliphatic heterocycles. The second-order valence-electron chi connectivity index (χ2n) is 4.54. The van der Waals surface area contributed by atoms with Gasteiger partial charge in [-0.25, -0.2) is 4.98 Å². The van der Waals surface area contributed by atoms with Gasteiger partial charge in [0.25, 0.3) is 0 Å². The predicted octanol–water partition coefficient (Wildman–Crippen LogP) is 1.79. The Morgan fingerprint density at radius 3 is 3.00 bits per heavy atom. The fourth-order valence-corrected chi connectivity index (χ4v) is 1.59. The summed E-state index contributed by atoms with van der Waals surface area (Å²) in [4.78, 5) is 4.37. The Bertz CT molecular complexity index is 286. The number of nitrogens with zero attached hydrogens (tertiary/aromatic N) is 2. The molecule has 1 aliphatic rings. The molecule has 1 N–H and O–H groups in total. The van der Waals surface area contributed by atoms with Gasteiger partial charge in [0.2, 0.25) is 0 Å². The maximum Gasteiger partial charge on any atom is 0.122 e. The second kappa shape index (κ2) is 4.13. The van der Waals surface area contributed by atoms with Crippen LogP contribution in [0.25, 0.3) is 0 Å². The Morgan fingerprint density at radius 2 is 2.36 bits per heavy atom. The zero-order valence-corrected chi connectivity index (χ0v) is 9.03. The molecule has 0 aromatic carbocycles. The number of hydrogen-bond donors (Lipinski definition) is 1. The summed E-state index contributed by atoms with van der Waals surface area (Å²) in [5.74, 6) is 1.86. The number of nitrogens with one attached hydrogen (secondary N) is 1. The van der Waals surface area contributed by atoms with E-state index in [0.29, 0.717) is 5.92 Å². The van der Waals surface area contributed by atoms with Gasteiger partial charge in [0.15, 0.2) is 0 Å². The van der Waals surface area contributed by atoms with Crippen molar-refractivity contribution in [2.24, 2.45) is 5.92 Å². The van der Waals surface area contributed by atoms with Crippen LogP contribution in [0, 0.1) is 5.92 Å². The predicted molar refractivity (Wildman–Crippen MR) is 56.9 cm³/mol. The number of rotatable bonds is 5. The highest BCUT2D eigenvalue weighted by Gasteiger charge is 2.20. The molecule has 1 saturated carbocycles. The number of hydrogen-bond acceptors (Lipinski definition) is 2. The van der Waals surface area contributed by atoms with Crippen LogP contribution in [0.4, 0.5) is 0 Å². The third kappa shape index (κ3) is 2.58. The fraction of sp³-hybridized carbons (Fsp3) is 0.727. The lowest BCUT2D eigenvalue weighted by Crippen LogP contribution is -2.19. The van der Waals surface area contributed by atoms with Gasteiger partial charge in [-0.15, -0.1) is 0 Å². The van der Waals surface area contributed by atoms with Crippen LogP contribution in [0.1, 0.15) is 32.5 Å². The summed E-state index contributed by atoms with van der Waals surface area (Å²) in [6.07, 6.45) is 6.64. The molecule has 14 heavy (non-hydrogen) atoms. The largest absolute Gasteiger partial charge is 0.334 e. The lowest BCUT2D eigenvalue weighted by atomic mass is 10.2. The lowest BCUT2D eigenvalue weighted by Gasteiger charge is -2.10. The second-order valence-corrected chi connectivity index (χ2v) is 4.54. The first-order valence-corrected chi connectivity index (χ1v) is 5.49. The van der Waals surface area contributed by atoms with E-state index >= 15 is 0 Å². The van der Waals surface area contributed by atoms with E-state index in [1.54, 1.807) is 0 Å². The first kappa shape index (κ1) is 9.71. The SMILES string of the molecule is CC(C)Cn1ccnc1CNC1CC1. The first-order chi connectivity index (χ1) is 6.75. The van der Waals surface area contributed by atoms with Gasteiger partial charge in [0, 0.05) is 25.0 Å². The molecule has 2 rings (SSSR count). The fourth-order valence-electron chi connectivity index (χ4n) is 1.59. The molecule has 1 aromatic rings. The van der Waals surface area contributed by atoms with Crippen LogP contribution in [0.3, 0.4) is 0 Å². The summed E-state index contributed by atoms with van der Waals surface area (Å²) in [5, 5.41) is 3.49. The number of aromatic nitrogens is 2. The Morgan fingerprint density at radius 1 is 1.57 bits per heavy atom. The van der Waals surface area contributed by atoms with Crippen LogP contribution in [-0.2, 0) is 13.1 Å². The molecule has 0 spiro atoms. The summed E-state index contributed by atoms with van der Waals surface area (Å²) < 4.78 is 2.25. The molecule has 1 aliphatic carbocycles. The molecule has 0 bridgehead atoms. The van der Waals surface area contributed by atoms with Crippen molar-refractivity contribution in [3.8, 4) is 0 Å². The van der Waals surface area contributed by atoms with Gasteiger partial charge >= 0.3 is 0 Å². The van der Waals surface area contributed by atoms with Crippen molar-refractivity contribution >= 4 is 0 Å². The average molecular weight is 193 g/mol. The van der Waals surface area contributed by atoms with Crippen molar-refractivity contribution in [1.82, 2.24) is 14.9 Å². The molecule has 0 radical (unpaired) electrons. The third-order valence-corrected chi connectivity index (χ3v) is 2.49. The van der Waals surface area contributed by atoms with Crippen LogP contribution >= 0.6 is 0 Å². The normalized spacial score (nSPS) is 16.5. The lowest BCUT2D eigenvalue weighted by molar-refractivity contribution is 0.495. The minimum Gasteiger partial charge on any atom is -0.334 e. The quantitative estimate of drug-likeness (QED) is 0.772. The molecule has 3 nitrogen and oxygen atoms in total. The highest BCUT2D eigenvalue weighted by molar-refractivity contribution is 4.94. The minimum atomic E-state index is 0.684. The van der Waals surface area contributed by atoms with E-state index in [2.05, 4.69) is 34.9 Å². The van der Waals surface area contributed by atoms with E-state index in [9.17, 15) is 0 Å². The standard InChI is InChI=1S/C11H19N3/c1-9(2)8-14-6-5-12-11(14)7-13-10-3-4-10/h5-6,9-10,13H,3-4,7-8H2,1-2H3. The third-order valence-electron chi connectivity index (χ3n) is 2.49. The highest BCUT2D eigenvalue weighted by Crippen LogP contribution is 2.19. The topological polar surface area (TPSA) is 29.9 Å². The van der Waals surface area contributed by atoms with Gasteiger partial charge < -0.3 is 9.88 Å². The molecule has 78 valence electrons. The van der Waals surface area contributed by atoms with Crippen LogP contribution < -0.4 is 5.32 Å². The zero-order valence-electron chi connectivity index (χ0n) is 9.03. The van der Waals surface area contributed by atoms with E-state index in [4.69, 9.17) is 0 Å². The molecule has 1 aromatic heterocycles. The molecule has 0 amide bonds. The molecule has 1 fully saturated rings. The van der Waals surface area contributed by atoms with Gasteiger partial charge in [0.1, 0.15) is 5.82 Å². The maximum absolute atomic E-state index is 4.37. The van der Waals surface area contributed by atoms with Crippen molar-refractivity contribution in [3.63, 3.8) is 0 Å². The van der Waals surface area contributed by atoms with Gasteiger partial charge in [-0.1, -0.05) is 13.8 Å². The average Bonchev–Trinajstić information content (AvgIpc) is 2.85. The molecule has 1 heterocycles. The maximum atomic E-state index is 4.37. The van der Waals surface area contributed by atoms with Gasteiger partial charge in [-0.2, -0.15) is 0 Å². The summed E-state index contributed by atoms with van der Waals surface area (Å²) >= 11 is 0. The van der Waals surface area contributed by atoms with E-state index < -0.39 is 0 Å². The van der Waals surface area contributed by atoms with Crippen molar-refractivity contribution in [2.45, 2.75) is 45.8 Å². The smallest absolute Gasteiger partial charge is 0.122 e. The van der Waals surface area contributed by atoms with E-state index in [1.165, 1.54) is 18.7 Å². The summed E-state index contributed by atoms with van der Waals surface area (Å²) in [6, 6.07) is 0.763. The summed E-state index contributed by atoms with van der Waals surface area (Å²) in [7, 11) is 0. The van der Waals surface area contributed by atoms with Crippen molar-refractivity contribution < 1.29 is 0 Å². The summed E-state index contributed by atoms with van der Waals surface area (Å²) in [6.45, 7) is 6.46. The molecular weight excluding hydrogens is 174 g/mol. The van der Waals surface area contributed by atoms with E-state index in [-0.39, 0.29) is 0 Å². The molecule has 0 atom stereocenters. The van der Waals surface area contributed by atoms with Crippen molar-refractivity contribution in [2.75, 3.05) is 0 Å². The highest BCUT2D eigenvalue weighted by atomic mass is 15.1. The van der Waals surface area contributed by atoms with Crippen LogP contribution in [0.2, 0.25) is 0 Å². The van der Waals surface area contributed by atoms with E-state index in [0.717, 1.165) is 19.1 Å². The van der Waals surface area contributed by atoms with Crippen LogP contribution in [-0.4, -0.2) is 15.6 Å². The van der Waals surface area contributed by atoms with Crippen molar-refractivity contribution in [1.29, 1.82) is 0 Å². The van der Waals surface area contributed by atoms with Gasteiger partial charge in [-0.05, 0) is 18.8 Å².